The van der Waals surface area contributed by atoms with Gasteiger partial charge >= 0.3 is 17.9 Å². The molecule has 0 saturated heterocycles. The first kappa shape index (κ1) is 22.5. The number of carbonyl (C=O) groups excluding carboxylic acids is 4. The molecule has 1 amide bonds. The SMILES string of the molecule is COC(=O)C(C(=O)OC)[C@@H](C)[C@H](NC(=O)c1cccc([N+](=O)[O-])c1)C(=O)OC. The first-order valence-electron chi connectivity index (χ1n) is 7.96. The Kier molecular flexibility index (Phi) is 8.05. The average molecular weight is 396 g/mol. The van der Waals surface area contributed by atoms with Crippen molar-refractivity contribution >= 4 is 29.5 Å². The minimum absolute atomic E-state index is 0.0945. The van der Waals surface area contributed by atoms with Gasteiger partial charge in [-0.25, -0.2) is 4.79 Å². The highest BCUT2D eigenvalue weighted by Crippen LogP contribution is 2.21. The van der Waals surface area contributed by atoms with E-state index in [9.17, 15) is 29.3 Å². The number of hydrogen-bond acceptors (Lipinski definition) is 9. The molecule has 1 N–H and O–H groups in total. The molecule has 2 atom stereocenters. The van der Waals surface area contributed by atoms with Gasteiger partial charge in [0.15, 0.2) is 5.92 Å². The number of benzene rings is 1. The molecular weight excluding hydrogens is 376 g/mol. The Morgan fingerprint density at radius 3 is 2.00 bits per heavy atom. The second-order valence-corrected chi connectivity index (χ2v) is 5.66. The molecule has 0 bridgehead atoms. The number of nitrogens with one attached hydrogen (secondary N) is 1. The van der Waals surface area contributed by atoms with Crippen molar-refractivity contribution in [2.24, 2.45) is 11.8 Å². The summed E-state index contributed by atoms with van der Waals surface area (Å²) in [6.07, 6.45) is 0. The molecule has 0 aliphatic carbocycles. The Bertz CT molecular complexity index is 762. The number of nitrogens with zero attached hydrogens (tertiary/aromatic N) is 1. The largest absolute Gasteiger partial charge is 0.468 e. The fraction of sp³-hybridized carbons (Fsp3) is 0.412. The topological polar surface area (TPSA) is 151 Å². The highest BCUT2D eigenvalue weighted by molar-refractivity contribution is 5.99. The molecule has 0 unspecified atom stereocenters. The van der Waals surface area contributed by atoms with Crippen LogP contribution in [0.2, 0.25) is 0 Å². The fourth-order valence-electron chi connectivity index (χ4n) is 2.49. The van der Waals surface area contributed by atoms with Crippen LogP contribution < -0.4 is 5.32 Å². The van der Waals surface area contributed by atoms with Crippen LogP contribution in [0, 0.1) is 22.0 Å². The van der Waals surface area contributed by atoms with Gasteiger partial charge in [-0.2, -0.15) is 0 Å². The quantitative estimate of drug-likeness (QED) is 0.217. The minimum Gasteiger partial charge on any atom is -0.468 e. The molecule has 0 aromatic heterocycles. The second kappa shape index (κ2) is 10.00. The van der Waals surface area contributed by atoms with E-state index in [1.165, 1.54) is 25.1 Å². The van der Waals surface area contributed by atoms with Crippen LogP contribution in [0.1, 0.15) is 17.3 Å². The third kappa shape index (κ3) is 5.25. The summed E-state index contributed by atoms with van der Waals surface area (Å²) in [5.74, 6) is -6.29. The van der Waals surface area contributed by atoms with Crippen LogP contribution in [0.3, 0.4) is 0 Å². The van der Waals surface area contributed by atoms with Crippen molar-refractivity contribution in [2.45, 2.75) is 13.0 Å². The molecule has 0 fully saturated rings. The van der Waals surface area contributed by atoms with Gasteiger partial charge in [-0.1, -0.05) is 13.0 Å². The highest BCUT2D eigenvalue weighted by Gasteiger charge is 2.42. The van der Waals surface area contributed by atoms with Crippen LogP contribution in [0.15, 0.2) is 24.3 Å². The summed E-state index contributed by atoms with van der Waals surface area (Å²) in [6.45, 7) is 1.35. The van der Waals surface area contributed by atoms with E-state index in [4.69, 9.17) is 0 Å². The monoisotopic (exact) mass is 396 g/mol. The number of methoxy groups -OCH3 is 3. The van der Waals surface area contributed by atoms with Gasteiger partial charge in [0.05, 0.1) is 26.3 Å². The Balaban J connectivity index is 3.20. The maximum Gasteiger partial charge on any atom is 0.328 e. The number of non-ortho nitro benzene ring substituents is 1. The fourth-order valence-corrected chi connectivity index (χ4v) is 2.49. The van der Waals surface area contributed by atoms with Gasteiger partial charge in [-0.3, -0.25) is 24.5 Å². The van der Waals surface area contributed by atoms with E-state index in [1.807, 2.05) is 0 Å². The maximum absolute atomic E-state index is 12.5. The van der Waals surface area contributed by atoms with Crippen molar-refractivity contribution in [2.75, 3.05) is 21.3 Å². The lowest BCUT2D eigenvalue weighted by Gasteiger charge is -2.27. The van der Waals surface area contributed by atoms with E-state index in [0.29, 0.717) is 0 Å². The van der Waals surface area contributed by atoms with Crippen LogP contribution in [0.5, 0.6) is 0 Å². The zero-order chi connectivity index (χ0) is 21.4. The van der Waals surface area contributed by atoms with E-state index in [1.54, 1.807) is 0 Å². The van der Waals surface area contributed by atoms with Gasteiger partial charge in [-0.05, 0) is 6.07 Å². The number of nitro groups is 1. The molecule has 1 aromatic rings. The van der Waals surface area contributed by atoms with Gasteiger partial charge < -0.3 is 19.5 Å². The van der Waals surface area contributed by atoms with Gasteiger partial charge in [0, 0.05) is 23.6 Å². The van der Waals surface area contributed by atoms with Gasteiger partial charge in [-0.15, -0.1) is 0 Å². The number of ether oxygens (including phenoxy) is 3. The summed E-state index contributed by atoms with van der Waals surface area (Å²) in [5.41, 5.74) is -0.416. The van der Waals surface area contributed by atoms with E-state index in [-0.39, 0.29) is 11.3 Å². The van der Waals surface area contributed by atoms with Crippen molar-refractivity contribution in [3.05, 3.63) is 39.9 Å². The van der Waals surface area contributed by atoms with Crippen LogP contribution in [-0.2, 0) is 28.6 Å². The number of nitro benzene ring substituents is 1. The second-order valence-electron chi connectivity index (χ2n) is 5.66. The molecule has 11 heteroatoms. The molecule has 152 valence electrons. The molecule has 0 radical (unpaired) electrons. The van der Waals surface area contributed by atoms with E-state index in [2.05, 4.69) is 19.5 Å². The molecule has 0 saturated carbocycles. The molecule has 28 heavy (non-hydrogen) atoms. The number of esters is 3. The summed E-state index contributed by atoms with van der Waals surface area (Å²) in [5, 5.41) is 13.2. The van der Waals surface area contributed by atoms with Crippen LogP contribution in [0.25, 0.3) is 0 Å². The number of hydrogen-bond donors (Lipinski definition) is 1. The number of rotatable bonds is 8. The van der Waals surface area contributed by atoms with E-state index >= 15 is 0 Å². The van der Waals surface area contributed by atoms with Crippen molar-refractivity contribution in [1.82, 2.24) is 5.32 Å². The van der Waals surface area contributed by atoms with Crippen LogP contribution in [-0.4, -0.2) is 56.1 Å². The molecule has 1 rings (SSSR count). The predicted octanol–water partition coefficient (Wildman–Crippen LogP) is 0.464. The number of amides is 1. The summed E-state index contributed by atoms with van der Waals surface area (Å²) in [4.78, 5) is 58.8. The zero-order valence-electron chi connectivity index (χ0n) is 15.7. The smallest absolute Gasteiger partial charge is 0.328 e. The van der Waals surface area contributed by atoms with E-state index in [0.717, 1.165) is 27.4 Å². The Hall–Kier alpha value is -3.50. The average Bonchev–Trinajstić information content (AvgIpc) is 2.70. The summed E-state index contributed by atoms with van der Waals surface area (Å²) >= 11 is 0. The summed E-state index contributed by atoms with van der Waals surface area (Å²) in [7, 11) is 3.17. The molecule has 0 aliphatic heterocycles. The zero-order valence-corrected chi connectivity index (χ0v) is 15.7. The Morgan fingerprint density at radius 2 is 1.54 bits per heavy atom. The van der Waals surface area contributed by atoms with Gasteiger partial charge in [0.1, 0.15) is 6.04 Å². The maximum atomic E-state index is 12.5. The van der Waals surface area contributed by atoms with Crippen molar-refractivity contribution in [3.8, 4) is 0 Å². The standard InChI is InChI=1S/C17H20N2O9/c1-9(12(15(21)26-2)16(22)27-3)13(17(23)28-4)18-14(20)10-6-5-7-11(8-10)19(24)25/h5-9,12-13H,1-4H3,(H,18,20)/t9-,13+/m1/s1. The third-order valence-corrected chi connectivity index (χ3v) is 4.02. The van der Waals surface area contributed by atoms with Crippen molar-refractivity contribution < 1.29 is 38.3 Å². The summed E-state index contributed by atoms with van der Waals surface area (Å²) < 4.78 is 13.8. The van der Waals surface area contributed by atoms with Crippen LogP contribution >= 0.6 is 0 Å². The third-order valence-electron chi connectivity index (χ3n) is 4.02. The first-order valence-corrected chi connectivity index (χ1v) is 7.96. The minimum atomic E-state index is -1.51. The predicted molar refractivity (Wildman–Crippen MR) is 93.1 cm³/mol. The van der Waals surface area contributed by atoms with E-state index < -0.39 is 46.6 Å². The first-order chi connectivity index (χ1) is 13.2. The molecular formula is C17H20N2O9. The Morgan fingerprint density at radius 1 is 1.00 bits per heavy atom. The lowest BCUT2D eigenvalue weighted by atomic mass is 9.87. The Labute approximate surface area is 160 Å². The lowest BCUT2D eigenvalue weighted by Crippen LogP contribution is -2.51. The summed E-state index contributed by atoms with van der Waals surface area (Å²) in [6, 6.07) is 3.39. The number of carbonyl (C=O) groups is 4. The normalized spacial score (nSPS) is 12.5. The van der Waals surface area contributed by atoms with Crippen molar-refractivity contribution in [1.29, 1.82) is 0 Å². The molecule has 0 aliphatic rings. The van der Waals surface area contributed by atoms with Gasteiger partial charge in [0.2, 0.25) is 0 Å². The van der Waals surface area contributed by atoms with Crippen molar-refractivity contribution in [3.63, 3.8) is 0 Å². The molecule has 0 heterocycles. The molecule has 11 nitrogen and oxygen atoms in total. The van der Waals surface area contributed by atoms with Crippen LogP contribution in [0.4, 0.5) is 5.69 Å². The molecule has 0 spiro atoms. The lowest BCUT2D eigenvalue weighted by molar-refractivity contribution is -0.384. The molecule has 1 aromatic carbocycles. The van der Waals surface area contributed by atoms with Gasteiger partial charge in [0.25, 0.3) is 11.6 Å². The highest BCUT2D eigenvalue weighted by atomic mass is 16.6.